The molecule has 10 nitrogen and oxygen atoms in total. The molecule has 2 N–H and O–H groups in total. The summed E-state index contributed by atoms with van der Waals surface area (Å²) in [5.74, 6) is -5.30. The van der Waals surface area contributed by atoms with Crippen LogP contribution in [0.2, 0.25) is 0 Å². The predicted octanol–water partition coefficient (Wildman–Crippen LogP) is 2.36. The highest BCUT2D eigenvalue weighted by Crippen LogP contribution is 2.33. The topological polar surface area (TPSA) is 150 Å². The van der Waals surface area contributed by atoms with Crippen molar-refractivity contribution in [3.63, 3.8) is 0 Å². The highest BCUT2D eigenvalue weighted by molar-refractivity contribution is 7.89. The summed E-state index contributed by atoms with van der Waals surface area (Å²) in [5.41, 5.74) is -0.0715. The van der Waals surface area contributed by atoms with Gasteiger partial charge in [0.05, 0.1) is 18.4 Å². The molecular formula is C23H24F2N4O6S. The molecular weight excluding hydrogens is 498 g/mol. The third kappa shape index (κ3) is 5.71. The fourth-order valence-corrected chi connectivity index (χ4v) is 5.32. The van der Waals surface area contributed by atoms with Crippen molar-refractivity contribution in [2.45, 2.75) is 31.9 Å². The van der Waals surface area contributed by atoms with Crippen molar-refractivity contribution in [3.8, 4) is 11.9 Å². The van der Waals surface area contributed by atoms with Gasteiger partial charge in [0.25, 0.3) is 0 Å². The van der Waals surface area contributed by atoms with Gasteiger partial charge in [0.15, 0.2) is 5.82 Å². The van der Waals surface area contributed by atoms with Crippen LogP contribution in [-0.2, 0) is 27.0 Å². The molecule has 0 saturated carbocycles. The largest absolute Gasteiger partial charge is 0.480 e. The Bertz CT molecular complexity index is 1340. The minimum absolute atomic E-state index is 0.0995. The summed E-state index contributed by atoms with van der Waals surface area (Å²) in [5, 5.41) is 19.3. The highest BCUT2D eigenvalue weighted by Gasteiger charge is 2.32. The van der Waals surface area contributed by atoms with E-state index in [1.807, 2.05) is 10.8 Å². The average Bonchev–Trinajstić information content (AvgIpc) is 2.83. The zero-order valence-corrected chi connectivity index (χ0v) is 20.4. The number of carbonyl (C=O) groups excluding carboxylic acids is 1. The van der Waals surface area contributed by atoms with E-state index < -0.39 is 45.2 Å². The summed E-state index contributed by atoms with van der Waals surface area (Å²) in [4.78, 5) is 30.3. The summed E-state index contributed by atoms with van der Waals surface area (Å²) in [7, 11) is -2.95. The van der Waals surface area contributed by atoms with Crippen LogP contribution < -0.4 is 14.4 Å². The molecule has 1 aromatic carbocycles. The Kier molecular flexibility index (Phi) is 8.09. The Hall–Kier alpha value is -3.79. The molecule has 1 amide bonds. The van der Waals surface area contributed by atoms with Gasteiger partial charge in [0.1, 0.15) is 23.3 Å². The van der Waals surface area contributed by atoms with E-state index in [0.717, 1.165) is 12.1 Å². The molecule has 1 fully saturated rings. The zero-order chi connectivity index (χ0) is 26.6. The third-order valence-corrected chi connectivity index (χ3v) is 7.11. The zero-order valence-electron chi connectivity index (χ0n) is 19.5. The van der Waals surface area contributed by atoms with Crippen molar-refractivity contribution >= 4 is 27.7 Å². The van der Waals surface area contributed by atoms with Crippen molar-refractivity contribution in [1.29, 1.82) is 5.26 Å². The number of nitriles is 1. The Morgan fingerprint density at radius 1 is 1.31 bits per heavy atom. The van der Waals surface area contributed by atoms with Crippen molar-refractivity contribution in [3.05, 3.63) is 52.1 Å². The van der Waals surface area contributed by atoms with Crippen LogP contribution in [-0.4, -0.2) is 50.6 Å². The number of nitrogens with zero attached hydrogens (tertiary/aromatic N) is 3. The van der Waals surface area contributed by atoms with Crippen LogP contribution in [0.25, 0.3) is 0 Å². The van der Waals surface area contributed by atoms with Crippen LogP contribution in [0, 0.1) is 28.9 Å². The number of amides is 1. The van der Waals surface area contributed by atoms with E-state index in [4.69, 9.17) is 4.74 Å². The van der Waals surface area contributed by atoms with Crippen molar-refractivity contribution in [2.24, 2.45) is 5.92 Å². The molecule has 0 atom stereocenters. The summed E-state index contributed by atoms with van der Waals surface area (Å²) in [6.07, 6.45) is 0.703. The standard InChI is InChI=1S/C23H24F2N4O6S/c1-3-16-17(11-26)20(27-22(35-2)19(16)23(31)32)29-8-6-13(7-9-29)21(30)28-36(33,34)12-14-4-5-15(24)10-18(14)25/h4-5,10,13H,3,6-9,12H2,1-2H3,(H,28,30)(H,31,32). The molecule has 13 heteroatoms. The Morgan fingerprint density at radius 3 is 2.50 bits per heavy atom. The number of carboxylic acids is 1. The predicted molar refractivity (Wildman–Crippen MR) is 124 cm³/mol. The summed E-state index contributed by atoms with van der Waals surface area (Å²) in [6.45, 7) is 2.19. The van der Waals surface area contributed by atoms with Gasteiger partial charge in [-0.25, -0.2) is 22.0 Å². The average molecular weight is 523 g/mol. The minimum atomic E-state index is -4.23. The van der Waals surface area contributed by atoms with Crippen LogP contribution >= 0.6 is 0 Å². The maximum atomic E-state index is 13.8. The molecule has 0 radical (unpaired) electrons. The molecule has 1 aliphatic heterocycles. The number of carboxylic acid groups (broad SMARTS) is 1. The first-order chi connectivity index (χ1) is 17.0. The molecule has 2 heterocycles. The van der Waals surface area contributed by atoms with Gasteiger partial charge in [0.2, 0.25) is 21.8 Å². The third-order valence-electron chi connectivity index (χ3n) is 5.90. The van der Waals surface area contributed by atoms with E-state index in [9.17, 15) is 37.2 Å². The lowest BCUT2D eigenvalue weighted by atomic mass is 9.95. The molecule has 0 aliphatic carbocycles. The van der Waals surface area contributed by atoms with E-state index >= 15 is 0 Å². The molecule has 1 aliphatic rings. The van der Waals surface area contributed by atoms with Gasteiger partial charge < -0.3 is 14.7 Å². The number of piperidine rings is 1. The maximum absolute atomic E-state index is 13.8. The second-order valence-electron chi connectivity index (χ2n) is 8.17. The molecule has 3 rings (SSSR count). The van der Waals surface area contributed by atoms with Crippen LogP contribution in [0.3, 0.4) is 0 Å². The number of carbonyl (C=O) groups is 2. The molecule has 1 saturated heterocycles. The summed E-state index contributed by atoms with van der Waals surface area (Å²) < 4.78 is 58.7. The van der Waals surface area contributed by atoms with E-state index in [0.29, 0.717) is 6.07 Å². The molecule has 192 valence electrons. The number of ether oxygens (including phenoxy) is 1. The summed E-state index contributed by atoms with van der Waals surface area (Å²) >= 11 is 0. The molecule has 0 unspecified atom stereocenters. The fraction of sp³-hybridized carbons (Fsp3) is 0.391. The van der Waals surface area contributed by atoms with E-state index in [1.54, 1.807) is 11.8 Å². The number of anilines is 1. The molecule has 36 heavy (non-hydrogen) atoms. The van der Waals surface area contributed by atoms with Crippen LogP contribution in [0.1, 0.15) is 46.8 Å². The number of benzene rings is 1. The van der Waals surface area contributed by atoms with Gasteiger partial charge in [-0.05, 0) is 30.9 Å². The number of sulfonamides is 1. The number of hydrogen-bond acceptors (Lipinski definition) is 8. The van der Waals surface area contributed by atoms with Gasteiger partial charge in [-0.15, -0.1) is 0 Å². The lowest BCUT2D eigenvalue weighted by molar-refractivity contribution is -0.123. The number of methoxy groups -OCH3 is 1. The van der Waals surface area contributed by atoms with Gasteiger partial charge in [-0.2, -0.15) is 10.2 Å². The number of pyridine rings is 1. The Morgan fingerprint density at radius 2 is 1.97 bits per heavy atom. The second-order valence-corrected chi connectivity index (χ2v) is 9.89. The SMILES string of the molecule is CCc1c(C#N)c(N2CCC(C(=O)NS(=O)(=O)Cc3ccc(F)cc3F)CC2)nc(OC)c1C(=O)O. The first-order valence-electron chi connectivity index (χ1n) is 11.0. The molecule has 1 aromatic heterocycles. The van der Waals surface area contributed by atoms with E-state index in [1.165, 1.54) is 7.11 Å². The first-order valence-corrected chi connectivity index (χ1v) is 12.6. The fourth-order valence-electron chi connectivity index (χ4n) is 4.13. The number of hydrogen-bond donors (Lipinski definition) is 2. The Balaban J connectivity index is 1.73. The number of nitrogens with one attached hydrogen (secondary N) is 1. The van der Waals surface area contributed by atoms with Crippen LogP contribution in [0.4, 0.5) is 14.6 Å². The normalized spacial score (nSPS) is 14.2. The van der Waals surface area contributed by atoms with Crippen LogP contribution in [0.15, 0.2) is 18.2 Å². The summed E-state index contributed by atoms with van der Waals surface area (Å²) in [6, 6.07) is 4.51. The highest BCUT2D eigenvalue weighted by atomic mass is 32.2. The second kappa shape index (κ2) is 10.9. The van der Waals surface area contributed by atoms with Gasteiger partial charge >= 0.3 is 5.97 Å². The number of aromatic nitrogens is 1. The number of halogens is 2. The smallest absolute Gasteiger partial charge is 0.341 e. The van der Waals surface area contributed by atoms with Crippen molar-refractivity contribution in [1.82, 2.24) is 9.71 Å². The van der Waals surface area contributed by atoms with Crippen molar-refractivity contribution < 1.29 is 36.6 Å². The number of aromatic carboxylic acids is 1. The molecule has 0 spiro atoms. The van der Waals surface area contributed by atoms with Gasteiger partial charge in [-0.1, -0.05) is 13.0 Å². The molecule has 0 bridgehead atoms. The minimum Gasteiger partial charge on any atom is -0.480 e. The molecule has 2 aromatic rings. The lowest BCUT2D eigenvalue weighted by Gasteiger charge is -2.33. The van der Waals surface area contributed by atoms with E-state index in [-0.39, 0.29) is 66.3 Å². The van der Waals surface area contributed by atoms with Gasteiger partial charge in [-0.3, -0.25) is 9.52 Å². The monoisotopic (exact) mass is 522 g/mol. The Labute approximate surface area is 206 Å². The quantitative estimate of drug-likeness (QED) is 0.533. The first kappa shape index (κ1) is 26.8. The number of rotatable bonds is 8. The maximum Gasteiger partial charge on any atom is 0.341 e. The lowest BCUT2D eigenvalue weighted by Crippen LogP contribution is -2.43. The van der Waals surface area contributed by atoms with Crippen molar-refractivity contribution in [2.75, 3.05) is 25.1 Å². The van der Waals surface area contributed by atoms with Gasteiger partial charge in [0, 0.05) is 30.6 Å². The van der Waals surface area contributed by atoms with E-state index in [2.05, 4.69) is 4.98 Å². The van der Waals surface area contributed by atoms with Crippen LogP contribution in [0.5, 0.6) is 5.88 Å².